The quantitative estimate of drug-likeness (QED) is 0.549. The van der Waals surface area contributed by atoms with Crippen LogP contribution in [0.5, 0.6) is 0 Å². The molecule has 3 rings (SSSR count). The number of fused-ring (bicyclic) bond motifs is 1. The first-order chi connectivity index (χ1) is 13.1. The van der Waals surface area contributed by atoms with E-state index in [9.17, 15) is 14.9 Å². The summed E-state index contributed by atoms with van der Waals surface area (Å²) in [5, 5.41) is 14.8. The minimum absolute atomic E-state index is 0.100. The first-order valence-electron chi connectivity index (χ1n) is 9.36. The number of hydrogen-bond donors (Lipinski definition) is 1. The molecule has 2 aromatic rings. The summed E-state index contributed by atoms with van der Waals surface area (Å²) < 4.78 is 0.844. The van der Waals surface area contributed by atoms with E-state index in [1.807, 2.05) is 0 Å². The van der Waals surface area contributed by atoms with Gasteiger partial charge in [-0.15, -0.1) is 0 Å². The number of carbonyl (C=O) groups excluding carboxylic acids is 1. The molecule has 0 spiro atoms. The van der Waals surface area contributed by atoms with Crippen LogP contribution in [0.15, 0.2) is 18.2 Å². The molecule has 8 nitrogen and oxygen atoms in total. The number of piperazine rings is 1. The fraction of sp³-hybridized carbons (Fsp3) is 0.556. The zero-order valence-electron chi connectivity index (χ0n) is 15.5. The molecule has 0 saturated carbocycles. The Balaban J connectivity index is 1.48. The minimum Gasteiger partial charge on any atom is -0.355 e. The van der Waals surface area contributed by atoms with Gasteiger partial charge in [-0.25, -0.2) is 4.98 Å². The number of aromatic nitrogens is 1. The van der Waals surface area contributed by atoms with Crippen molar-refractivity contribution in [3.8, 4) is 0 Å². The summed E-state index contributed by atoms with van der Waals surface area (Å²) in [5.41, 5.74) is 0.904. The van der Waals surface area contributed by atoms with Crippen LogP contribution in [0.4, 0.5) is 10.8 Å². The number of anilines is 1. The second-order valence-corrected chi connectivity index (χ2v) is 7.70. The van der Waals surface area contributed by atoms with Crippen molar-refractivity contribution in [2.24, 2.45) is 0 Å². The van der Waals surface area contributed by atoms with E-state index in [0.29, 0.717) is 13.0 Å². The fourth-order valence-corrected chi connectivity index (χ4v) is 4.14. The summed E-state index contributed by atoms with van der Waals surface area (Å²) in [4.78, 5) is 31.4. The van der Waals surface area contributed by atoms with Gasteiger partial charge in [-0.2, -0.15) is 0 Å². The van der Waals surface area contributed by atoms with Crippen molar-refractivity contribution in [1.29, 1.82) is 0 Å². The first kappa shape index (κ1) is 19.5. The molecule has 27 heavy (non-hydrogen) atoms. The van der Waals surface area contributed by atoms with Crippen LogP contribution in [0.2, 0.25) is 0 Å². The normalized spacial score (nSPS) is 15.2. The summed E-state index contributed by atoms with van der Waals surface area (Å²) in [7, 11) is 0. The topological polar surface area (TPSA) is 91.6 Å². The van der Waals surface area contributed by atoms with E-state index in [1.54, 1.807) is 12.1 Å². The number of unbranched alkanes of at least 4 members (excludes halogenated alkanes) is 1. The molecule has 0 bridgehead atoms. The average molecular weight is 391 g/mol. The highest BCUT2D eigenvalue weighted by molar-refractivity contribution is 7.22. The summed E-state index contributed by atoms with van der Waals surface area (Å²) in [6.45, 7) is 7.20. The summed E-state index contributed by atoms with van der Waals surface area (Å²) in [6.07, 6.45) is 2.59. The van der Waals surface area contributed by atoms with Crippen LogP contribution >= 0.6 is 11.3 Å². The molecule has 1 saturated heterocycles. The number of non-ortho nitro benzene ring substituents is 1. The number of nitro benzene ring substituents is 1. The predicted molar refractivity (Wildman–Crippen MR) is 107 cm³/mol. The third kappa shape index (κ3) is 5.14. The lowest BCUT2D eigenvalue weighted by Gasteiger charge is -2.34. The Kier molecular flexibility index (Phi) is 6.57. The SMILES string of the molecule is CCCCC(=O)NCCN1CCN(c2nc3ccc([N+](=O)[O-])cc3s2)CC1. The predicted octanol–water partition coefficient (Wildman–Crippen LogP) is 2.63. The van der Waals surface area contributed by atoms with Crippen LogP contribution in [0.3, 0.4) is 0 Å². The van der Waals surface area contributed by atoms with Crippen LogP contribution in [0.25, 0.3) is 10.2 Å². The van der Waals surface area contributed by atoms with Crippen LogP contribution in [0.1, 0.15) is 26.2 Å². The smallest absolute Gasteiger partial charge is 0.270 e. The van der Waals surface area contributed by atoms with Crippen molar-refractivity contribution >= 4 is 38.3 Å². The summed E-state index contributed by atoms with van der Waals surface area (Å²) in [6, 6.07) is 4.80. The maximum Gasteiger partial charge on any atom is 0.270 e. The van der Waals surface area contributed by atoms with Gasteiger partial charge in [0.15, 0.2) is 5.13 Å². The van der Waals surface area contributed by atoms with Crippen molar-refractivity contribution < 1.29 is 9.72 Å². The zero-order valence-corrected chi connectivity index (χ0v) is 16.3. The molecule has 1 aromatic carbocycles. The lowest BCUT2D eigenvalue weighted by Crippen LogP contribution is -2.48. The number of thiazole rings is 1. The van der Waals surface area contributed by atoms with E-state index in [2.05, 4.69) is 27.0 Å². The van der Waals surface area contributed by atoms with Crippen molar-refractivity contribution in [1.82, 2.24) is 15.2 Å². The Morgan fingerprint density at radius 3 is 2.81 bits per heavy atom. The van der Waals surface area contributed by atoms with Crippen molar-refractivity contribution in [3.05, 3.63) is 28.3 Å². The third-order valence-electron chi connectivity index (χ3n) is 4.72. The van der Waals surface area contributed by atoms with Crippen molar-refractivity contribution in [3.63, 3.8) is 0 Å². The van der Waals surface area contributed by atoms with Crippen LogP contribution < -0.4 is 10.2 Å². The van der Waals surface area contributed by atoms with Crippen molar-refractivity contribution in [2.75, 3.05) is 44.2 Å². The number of nitrogens with zero attached hydrogens (tertiary/aromatic N) is 4. The fourth-order valence-electron chi connectivity index (χ4n) is 3.09. The highest BCUT2D eigenvalue weighted by Gasteiger charge is 2.20. The van der Waals surface area contributed by atoms with Gasteiger partial charge in [-0.1, -0.05) is 24.7 Å². The van der Waals surface area contributed by atoms with E-state index in [-0.39, 0.29) is 16.5 Å². The Bertz CT molecular complexity index is 801. The monoisotopic (exact) mass is 391 g/mol. The Labute approximate surface area is 162 Å². The molecule has 1 N–H and O–H groups in total. The lowest BCUT2D eigenvalue weighted by atomic mass is 10.2. The van der Waals surface area contributed by atoms with Gasteiger partial charge < -0.3 is 10.2 Å². The molecule has 1 aliphatic heterocycles. The van der Waals surface area contributed by atoms with Gasteiger partial charge in [0.2, 0.25) is 5.91 Å². The molecule has 2 heterocycles. The van der Waals surface area contributed by atoms with Gasteiger partial charge in [0.1, 0.15) is 0 Å². The van der Waals surface area contributed by atoms with Gasteiger partial charge >= 0.3 is 0 Å². The molecule has 1 aromatic heterocycles. The molecule has 1 fully saturated rings. The number of nitro groups is 1. The third-order valence-corrected chi connectivity index (χ3v) is 5.80. The molecule has 146 valence electrons. The molecule has 0 radical (unpaired) electrons. The van der Waals surface area contributed by atoms with Crippen LogP contribution in [0, 0.1) is 10.1 Å². The van der Waals surface area contributed by atoms with Gasteiger partial charge in [-0.05, 0) is 12.5 Å². The van der Waals surface area contributed by atoms with Gasteiger partial charge in [0.25, 0.3) is 5.69 Å². The number of hydrogen-bond acceptors (Lipinski definition) is 7. The maximum atomic E-state index is 11.6. The van der Waals surface area contributed by atoms with Crippen LogP contribution in [-0.4, -0.2) is 60.0 Å². The molecule has 0 atom stereocenters. The molecule has 1 amide bonds. The van der Waals surface area contributed by atoms with E-state index in [0.717, 1.165) is 60.9 Å². The van der Waals surface area contributed by atoms with Gasteiger partial charge in [-0.3, -0.25) is 19.8 Å². The Hall–Kier alpha value is -2.26. The van der Waals surface area contributed by atoms with Gasteiger partial charge in [0, 0.05) is 57.8 Å². The highest BCUT2D eigenvalue weighted by Crippen LogP contribution is 2.31. The van der Waals surface area contributed by atoms with E-state index in [4.69, 9.17) is 0 Å². The average Bonchev–Trinajstić information content (AvgIpc) is 3.10. The van der Waals surface area contributed by atoms with E-state index >= 15 is 0 Å². The minimum atomic E-state index is -0.376. The summed E-state index contributed by atoms with van der Waals surface area (Å²) in [5.74, 6) is 0.138. The number of rotatable bonds is 8. The summed E-state index contributed by atoms with van der Waals surface area (Å²) >= 11 is 1.50. The Morgan fingerprint density at radius 2 is 2.11 bits per heavy atom. The second-order valence-electron chi connectivity index (χ2n) is 6.69. The highest BCUT2D eigenvalue weighted by atomic mass is 32.1. The van der Waals surface area contributed by atoms with Crippen molar-refractivity contribution in [2.45, 2.75) is 26.2 Å². The molecule has 0 unspecified atom stereocenters. The largest absolute Gasteiger partial charge is 0.355 e. The number of benzene rings is 1. The van der Waals surface area contributed by atoms with E-state index < -0.39 is 0 Å². The first-order valence-corrected chi connectivity index (χ1v) is 10.2. The van der Waals surface area contributed by atoms with Crippen LogP contribution in [-0.2, 0) is 4.79 Å². The maximum absolute atomic E-state index is 11.6. The van der Waals surface area contributed by atoms with E-state index in [1.165, 1.54) is 17.4 Å². The number of amides is 1. The number of carbonyl (C=O) groups is 1. The molecular weight excluding hydrogens is 366 g/mol. The molecule has 9 heteroatoms. The number of nitrogens with one attached hydrogen (secondary N) is 1. The second kappa shape index (κ2) is 9.09. The molecule has 0 aliphatic carbocycles. The lowest BCUT2D eigenvalue weighted by molar-refractivity contribution is -0.384. The molecule has 1 aliphatic rings. The van der Waals surface area contributed by atoms with Gasteiger partial charge in [0.05, 0.1) is 15.1 Å². The zero-order chi connectivity index (χ0) is 19.2. The molecular formula is C18H25N5O3S. The Morgan fingerprint density at radius 1 is 1.33 bits per heavy atom. The standard InChI is InChI=1S/C18H25N5O3S/c1-2-3-4-17(24)19-7-8-21-9-11-22(12-10-21)18-20-15-6-5-14(23(25)26)13-16(15)27-18/h5-6,13H,2-4,7-12H2,1H3,(H,19,24).